The summed E-state index contributed by atoms with van der Waals surface area (Å²) in [5.41, 5.74) is 3.14. The average Bonchev–Trinajstić information content (AvgIpc) is 2.91. The Kier molecular flexibility index (Phi) is 5.78. The van der Waals surface area contributed by atoms with E-state index in [2.05, 4.69) is 63.6 Å². The van der Waals surface area contributed by atoms with Crippen molar-refractivity contribution in [3.8, 4) is 0 Å². The molecule has 0 bridgehead atoms. The topological polar surface area (TPSA) is 45.6 Å². The predicted molar refractivity (Wildman–Crippen MR) is 122 cm³/mol. The van der Waals surface area contributed by atoms with Gasteiger partial charge in [-0.2, -0.15) is 0 Å². The van der Waals surface area contributed by atoms with Crippen LogP contribution in [-0.4, -0.2) is 37.9 Å². The zero-order chi connectivity index (χ0) is 22.4. The van der Waals surface area contributed by atoms with Crippen LogP contribution in [0, 0.1) is 5.41 Å². The van der Waals surface area contributed by atoms with Gasteiger partial charge in [-0.25, -0.2) is 4.79 Å². The fraction of sp³-hybridized carbons (Fsp3) is 0.600. The van der Waals surface area contributed by atoms with E-state index in [9.17, 15) is 9.59 Å². The van der Waals surface area contributed by atoms with Gasteiger partial charge in [-0.15, -0.1) is 0 Å². The van der Waals surface area contributed by atoms with Crippen LogP contribution in [-0.2, 0) is 24.8 Å². The normalized spacial score (nSPS) is 17.2. The molecule has 1 aliphatic rings. The summed E-state index contributed by atoms with van der Waals surface area (Å²) in [6, 6.07) is 8.28. The second kappa shape index (κ2) is 7.75. The molecule has 5 nitrogen and oxygen atoms in total. The molecular formula is C25H37N3O2. The molecule has 0 saturated carbocycles. The molecule has 1 aromatic heterocycles. The summed E-state index contributed by atoms with van der Waals surface area (Å²) in [4.78, 5) is 30.2. The van der Waals surface area contributed by atoms with Gasteiger partial charge >= 0.3 is 6.03 Å². The molecule has 0 radical (unpaired) electrons. The number of rotatable bonds is 3. The number of nitrogens with zero attached hydrogens (tertiary/aromatic N) is 3. The fourth-order valence-electron chi connectivity index (χ4n) is 5.30. The quantitative estimate of drug-likeness (QED) is 0.669. The molecule has 0 spiro atoms. The monoisotopic (exact) mass is 411 g/mol. The van der Waals surface area contributed by atoms with Crippen molar-refractivity contribution in [1.82, 2.24) is 14.4 Å². The van der Waals surface area contributed by atoms with E-state index in [0.29, 0.717) is 13.0 Å². The van der Waals surface area contributed by atoms with Crippen LogP contribution in [0.1, 0.15) is 72.6 Å². The minimum absolute atomic E-state index is 0.00653. The first-order valence-corrected chi connectivity index (χ1v) is 11.1. The lowest BCUT2D eigenvalue weighted by Crippen LogP contribution is -2.59. The maximum Gasteiger partial charge on any atom is 0.327 e. The van der Waals surface area contributed by atoms with E-state index in [4.69, 9.17) is 0 Å². The van der Waals surface area contributed by atoms with Gasteiger partial charge in [-0.1, -0.05) is 45.9 Å². The van der Waals surface area contributed by atoms with Crippen molar-refractivity contribution in [2.75, 3.05) is 0 Å². The smallest absolute Gasteiger partial charge is 0.327 e. The molecule has 3 rings (SSSR count). The Bertz CT molecular complexity index is 965. The minimum atomic E-state index is -0.554. The van der Waals surface area contributed by atoms with Gasteiger partial charge in [-0.05, 0) is 50.7 Å². The van der Waals surface area contributed by atoms with Crippen LogP contribution in [0.2, 0.25) is 0 Å². The molecule has 3 amide bonds. The molecule has 1 aliphatic heterocycles. The van der Waals surface area contributed by atoms with E-state index in [1.807, 2.05) is 25.7 Å². The Balaban J connectivity index is 1.99. The number of hydrogen-bond acceptors (Lipinski definition) is 2. The van der Waals surface area contributed by atoms with Crippen molar-refractivity contribution >= 4 is 22.8 Å². The number of carbonyl (C=O) groups excluding carboxylic acids is 2. The van der Waals surface area contributed by atoms with Crippen molar-refractivity contribution in [2.24, 2.45) is 12.5 Å². The second-order valence-corrected chi connectivity index (χ2v) is 10.6. The highest BCUT2D eigenvalue weighted by atomic mass is 16.2. The predicted octanol–water partition coefficient (Wildman–Crippen LogP) is 5.50. The van der Waals surface area contributed by atoms with E-state index in [1.54, 1.807) is 0 Å². The van der Waals surface area contributed by atoms with Crippen LogP contribution >= 0.6 is 0 Å². The third-order valence-electron chi connectivity index (χ3n) is 6.25. The highest BCUT2D eigenvalue weighted by Gasteiger charge is 2.42. The summed E-state index contributed by atoms with van der Waals surface area (Å²) < 4.78 is 2.20. The highest BCUT2D eigenvalue weighted by Crippen LogP contribution is 2.36. The number of benzene rings is 1. The molecule has 2 aromatic rings. The average molecular weight is 412 g/mol. The number of imide groups is 1. The first-order chi connectivity index (χ1) is 13.9. The molecule has 5 heteroatoms. The van der Waals surface area contributed by atoms with Gasteiger partial charge in [-0.3, -0.25) is 9.69 Å². The SMILES string of the molecule is CCC(=O)N(C(=O)N1Cc2c(c3ccccc3n2C)CC1C)C(C)(C)CC(C)(C)C. The summed E-state index contributed by atoms with van der Waals surface area (Å²) in [5, 5.41) is 1.27. The third-order valence-corrected chi connectivity index (χ3v) is 6.25. The van der Waals surface area contributed by atoms with Crippen molar-refractivity contribution in [3.05, 3.63) is 35.5 Å². The van der Waals surface area contributed by atoms with Crippen molar-refractivity contribution < 1.29 is 9.59 Å². The van der Waals surface area contributed by atoms with Gasteiger partial charge in [0, 0.05) is 41.6 Å². The van der Waals surface area contributed by atoms with Crippen LogP contribution in [0.5, 0.6) is 0 Å². The summed E-state index contributed by atoms with van der Waals surface area (Å²) in [7, 11) is 2.07. The first-order valence-electron chi connectivity index (χ1n) is 11.1. The molecule has 1 unspecified atom stereocenters. The molecular weight excluding hydrogens is 374 g/mol. The zero-order valence-electron chi connectivity index (χ0n) is 19.9. The third kappa shape index (κ3) is 3.99. The Morgan fingerprint density at radius 2 is 1.77 bits per heavy atom. The molecule has 0 aliphatic carbocycles. The molecule has 1 atom stereocenters. The fourth-order valence-corrected chi connectivity index (χ4v) is 5.30. The number of hydrogen-bond donors (Lipinski definition) is 0. The number of amides is 3. The van der Waals surface area contributed by atoms with Gasteiger partial charge < -0.3 is 9.47 Å². The first kappa shape index (κ1) is 22.4. The van der Waals surface area contributed by atoms with Crippen molar-refractivity contribution in [2.45, 2.75) is 85.9 Å². The van der Waals surface area contributed by atoms with E-state index >= 15 is 0 Å². The molecule has 0 saturated heterocycles. The van der Waals surface area contributed by atoms with Crippen LogP contribution in [0.15, 0.2) is 24.3 Å². The second-order valence-electron chi connectivity index (χ2n) is 10.6. The van der Waals surface area contributed by atoms with E-state index in [-0.39, 0.29) is 23.4 Å². The molecule has 0 N–H and O–H groups in total. The number of aromatic nitrogens is 1. The van der Waals surface area contributed by atoms with Gasteiger partial charge in [0.15, 0.2) is 0 Å². The van der Waals surface area contributed by atoms with Crippen LogP contribution in [0.3, 0.4) is 0 Å². The van der Waals surface area contributed by atoms with Gasteiger partial charge in [0.05, 0.1) is 6.54 Å². The minimum Gasteiger partial charge on any atom is -0.346 e. The van der Waals surface area contributed by atoms with E-state index in [0.717, 1.165) is 12.8 Å². The zero-order valence-corrected chi connectivity index (χ0v) is 19.9. The molecule has 0 fully saturated rings. The maximum absolute atomic E-state index is 13.8. The number of fused-ring (bicyclic) bond motifs is 3. The van der Waals surface area contributed by atoms with Gasteiger partial charge in [0.2, 0.25) is 5.91 Å². The Labute approximate surface area is 181 Å². The Morgan fingerprint density at radius 1 is 1.13 bits per heavy atom. The van der Waals surface area contributed by atoms with Crippen molar-refractivity contribution in [3.63, 3.8) is 0 Å². The largest absolute Gasteiger partial charge is 0.346 e. The van der Waals surface area contributed by atoms with Gasteiger partial charge in [0.1, 0.15) is 0 Å². The summed E-state index contributed by atoms with van der Waals surface area (Å²) in [5.74, 6) is -0.107. The van der Waals surface area contributed by atoms with Crippen LogP contribution < -0.4 is 0 Å². The van der Waals surface area contributed by atoms with Gasteiger partial charge in [0.25, 0.3) is 0 Å². The van der Waals surface area contributed by atoms with E-state index in [1.165, 1.54) is 27.1 Å². The standard InChI is InChI=1S/C25H37N3O2/c1-9-22(29)28(25(6,7)16-24(3,4)5)23(30)27-15-21-19(14-17(27)2)18-12-10-11-13-20(18)26(21)8/h10-13,17H,9,14-16H2,1-8H3. The van der Waals surface area contributed by atoms with E-state index < -0.39 is 5.54 Å². The van der Waals surface area contributed by atoms with Crippen LogP contribution in [0.4, 0.5) is 4.79 Å². The van der Waals surface area contributed by atoms with Crippen LogP contribution in [0.25, 0.3) is 10.9 Å². The lowest BCUT2D eigenvalue weighted by Gasteiger charge is -2.45. The molecule has 1 aromatic carbocycles. The highest BCUT2D eigenvalue weighted by molar-refractivity contribution is 5.96. The number of urea groups is 1. The molecule has 164 valence electrons. The number of aryl methyl sites for hydroxylation is 1. The maximum atomic E-state index is 13.8. The Hall–Kier alpha value is -2.30. The molecule has 2 heterocycles. The Morgan fingerprint density at radius 3 is 2.37 bits per heavy atom. The van der Waals surface area contributed by atoms with Crippen molar-refractivity contribution in [1.29, 1.82) is 0 Å². The summed E-state index contributed by atoms with van der Waals surface area (Å²) in [6.45, 7) is 14.9. The summed E-state index contributed by atoms with van der Waals surface area (Å²) in [6.07, 6.45) is 1.87. The number of carbonyl (C=O) groups is 2. The number of para-hydroxylation sites is 1. The lowest BCUT2D eigenvalue weighted by molar-refractivity contribution is -0.133. The molecule has 30 heavy (non-hydrogen) atoms. The lowest BCUT2D eigenvalue weighted by atomic mass is 9.80. The summed E-state index contributed by atoms with van der Waals surface area (Å²) >= 11 is 0.